The van der Waals surface area contributed by atoms with Crippen molar-refractivity contribution in [3.8, 4) is 5.82 Å². The number of hydrogen-bond acceptors (Lipinski definition) is 6. The molecule has 1 fully saturated rings. The molecule has 0 unspecified atom stereocenters. The van der Waals surface area contributed by atoms with E-state index in [2.05, 4.69) is 25.6 Å². The van der Waals surface area contributed by atoms with Crippen LogP contribution >= 0.6 is 0 Å². The number of aromatic nitrogens is 6. The molecule has 4 aromatic heterocycles. The molecule has 38 heavy (non-hydrogen) atoms. The number of nitrogens with zero attached hydrogens (tertiary/aromatic N) is 5. The van der Waals surface area contributed by atoms with Crippen molar-refractivity contribution >= 4 is 5.91 Å². The Bertz CT molecular complexity index is 1420. The monoisotopic (exact) mass is 517 g/mol. The van der Waals surface area contributed by atoms with Gasteiger partial charge in [0.1, 0.15) is 5.60 Å². The number of H-pyrrole nitrogens is 1. The number of aliphatic hydroxyl groups is 1. The topological polar surface area (TPSA) is 122 Å². The minimum Gasteiger partial charge on any atom is -0.384 e. The molecule has 1 aliphatic carbocycles. The first-order valence-corrected chi connectivity index (χ1v) is 12.9. The van der Waals surface area contributed by atoms with E-state index >= 15 is 0 Å². The zero-order valence-corrected chi connectivity index (χ0v) is 21.8. The van der Waals surface area contributed by atoms with E-state index in [4.69, 9.17) is 4.98 Å². The van der Waals surface area contributed by atoms with Gasteiger partial charge in [0.25, 0.3) is 0 Å². The van der Waals surface area contributed by atoms with Gasteiger partial charge in [0.05, 0.1) is 29.8 Å². The fourth-order valence-corrected chi connectivity index (χ4v) is 5.06. The van der Waals surface area contributed by atoms with Gasteiger partial charge in [-0.2, -0.15) is 10.2 Å². The van der Waals surface area contributed by atoms with Gasteiger partial charge < -0.3 is 10.4 Å². The quantitative estimate of drug-likeness (QED) is 0.341. The molecule has 0 saturated heterocycles. The van der Waals surface area contributed by atoms with E-state index in [1.54, 1.807) is 12.3 Å². The van der Waals surface area contributed by atoms with Crippen LogP contribution in [0.15, 0.2) is 48.9 Å². The van der Waals surface area contributed by atoms with Crippen LogP contribution in [-0.2, 0) is 16.8 Å². The highest BCUT2D eigenvalue weighted by Crippen LogP contribution is 2.39. The third kappa shape index (κ3) is 5.65. The molecule has 1 aliphatic rings. The van der Waals surface area contributed by atoms with Gasteiger partial charge in [0, 0.05) is 29.9 Å². The lowest BCUT2D eigenvalue weighted by atomic mass is 9.76. The van der Waals surface area contributed by atoms with Gasteiger partial charge >= 0.3 is 0 Å². The summed E-state index contributed by atoms with van der Waals surface area (Å²) in [5, 5.41) is 25.7. The number of aromatic amines is 1. The maximum Gasteiger partial charge on any atom is 0.223 e. The lowest BCUT2D eigenvalue weighted by Gasteiger charge is -2.35. The number of rotatable bonds is 7. The maximum atomic E-state index is 13.2. The van der Waals surface area contributed by atoms with Gasteiger partial charge in [-0.05, 0) is 81.8 Å². The first-order valence-electron chi connectivity index (χ1n) is 12.9. The van der Waals surface area contributed by atoms with Crippen LogP contribution in [0, 0.1) is 25.6 Å². The molecular formula is C28H32FN7O2. The first-order chi connectivity index (χ1) is 18.2. The summed E-state index contributed by atoms with van der Waals surface area (Å²) in [5.74, 6) is -0.161. The Kier molecular flexibility index (Phi) is 7.07. The van der Waals surface area contributed by atoms with Crippen LogP contribution in [0.5, 0.6) is 0 Å². The Morgan fingerprint density at radius 2 is 2.00 bits per heavy atom. The van der Waals surface area contributed by atoms with Gasteiger partial charge in [-0.1, -0.05) is 6.07 Å². The van der Waals surface area contributed by atoms with E-state index in [-0.39, 0.29) is 17.9 Å². The van der Waals surface area contributed by atoms with Crippen LogP contribution in [0.4, 0.5) is 4.39 Å². The van der Waals surface area contributed by atoms with Gasteiger partial charge in [-0.3, -0.25) is 14.9 Å². The molecule has 1 amide bonds. The minimum atomic E-state index is -1.06. The van der Waals surface area contributed by atoms with E-state index in [0.29, 0.717) is 43.6 Å². The Morgan fingerprint density at radius 1 is 1.21 bits per heavy atom. The highest BCUT2D eigenvalue weighted by molar-refractivity contribution is 5.79. The Morgan fingerprint density at radius 3 is 2.63 bits per heavy atom. The number of amides is 1. The molecule has 4 aromatic rings. The van der Waals surface area contributed by atoms with Crippen molar-refractivity contribution in [2.24, 2.45) is 5.92 Å². The van der Waals surface area contributed by atoms with Crippen LogP contribution in [0.1, 0.15) is 72.6 Å². The summed E-state index contributed by atoms with van der Waals surface area (Å²) >= 11 is 0. The molecule has 0 aliphatic heterocycles. The van der Waals surface area contributed by atoms with Crippen LogP contribution in [0.25, 0.3) is 5.82 Å². The van der Waals surface area contributed by atoms with Gasteiger partial charge in [-0.15, -0.1) is 0 Å². The third-order valence-electron chi connectivity index (χ3n) is 7.22. The molecule has 0 spiro atoms. The summed E-state index contributed by atoms with van der Waals surface area (Å²) in [6.45, 7) is 5.87. The average molecular weight is 518 g/mol. The van der Waals surface area contributed by atoms with Crippen molar-refractivity contribution in [1.82, 2.24) is 35.3 Å². The van der Waals surface area contributed by atoms with Crippen LogP contribution in [-0.4, -0.2) is 41.0 Å². The lowest BCUT2D eigenvalue weighted by Crippen LogP contribution is -2.39. The second-order valence-electron chi connectivity index (χ2n) is 10.3. The normalized spacial score (nSPS) is 20.3. The van der Waals surface area contributed by atoms with Crippen molar-refractivity contribution in [3.63, 3.8) is 0 Å². The summed E-state index contributed by atoms with van der Waals surface area (Å²) in [6.07, 6.45) is 6.70. The average Bonchev–Trinajstić information content (AvgIpc) is 3.51. The van der Waals surface area contributed by atoms with Crippen LogP contribution < -0.4 is 5.32 Å². The highest BCUT2D eigenvalue weighted by atomic mass is 19.1. The molecule has 5 rings (SSSR count). The molecule has 3 N–H and O–H groups in total. The summed E-state index contributed by atoms with van der Waals surface area (Å²) in [5.41, 5.74) is 4.25. The molecule has 1 saturated carbocycles. The number of carbonyl (C=O) groups is 1. The van der Waals surface area contributed by atoms with Crippen molar-refractivity contribution in [3.05, 3.63) is 88.6 Å². The number of carbonyl (C=O) groups excluding carboxylic acids is 1. The highest BCUT2D eigenvalue weighted by Gasteiger charge is 2.38. The Hall–Kier alpha value is -3.92. The number of pyridine rings is 2. The molecular weight excluding hydrogens is 485 g/mol. The first kappa shape index (κ1) is 25.7. The van der Waals surface area contributed by atoms with Crippen LogP contribution in [0.2, 0.25) is 0 Å². The summed E-state index contributed by atoms with van der Waals surface area (Å²) < 4.78 is 14.6. The fourth-order valence-electron chi connectivity index (χ4n) is 5.06. The minimum absolute atomic E-state index is 0.0374. The van der Waals surface area contributed by atoms with E-state index in [1.807, 2.05) is 45.0 Å². The number of nitrogens with one attached hydrogen (secondary N) is 2. The zero-order chi connectivity index (χ0) is 26.9. The standard InChI is InChI=1S/C28H32FN7O2/c1-17-10-23(13-24-12-18(2)34-35-24)33-25(11-17)28(38)8-6-20(7-9-28)27(37)32-19(3)21-4-5-26(30-14-21)36-16-22(29)15-31-36/h4-5,10-12,14-16,19-20,38H,6-9,13H2,1-3H3,(H,32,37)(H,34,35)/t19-,20?,28?/m0/s1. The molecule has 0 radical (unpaired) electrons. The van der Waals surface area contributed by atoms with Gasteiger partial charge in [-0.25, -0.2) is 14.1 Å². The van der Waals surface area contributed by atoms with E-state index in [0.717, 1.165) is 34.4 Å². The number of halogens is 1. The second kappa shape index (κ2) is 10.4. The summed E-state index contributed by atoms with van der Waals surface area (Å²) in [7, 11) is 0. The Balaban J connectivity index is 1.19. The van der Waals surface area contributed by atoms with Gasteiger partial charge in [0.2, 0.25) is 5.91 Å². The van der Waals surface area contributed by atoms with E-state index < -0.39 is 11.4 Å². The van der Waals surface area contributed by atoms with Crippen molar-refractivity contribution in [2.45, 2.75) is 64.5 Å². The largest absolute Gasteiger partial charge is 0.384 e. The molecule has 1 atom stereocenters. The zero-order valence-electron chi connectivity index (χ0n) is 21.8. The number of hydrogen-bond donors (Lipinski definition) is 3. The predicted molar refractivity (Wildman–Crippen MR) is 139 cm³/mol. The predicted octanol–water partition coefficient (Wildman–Crippen LogP) is 3.99. The summed E-state index contributed by atoms with van der Waals surface area (Å²) in [4.78, 5) is 22.2. The molecule has 4 heterocycles. The fraction of sp³-hybridized carbons (Fsp3) is 0.393. The van der Waals surface area contributed by atoms with Crippen LogP contribution in [0.3, 0.4) is 0 Å². The molecule has 198 valence electrons. The Labute approximate surface area is 220 Å². The third-order valence-corrected chi connectivity index (χ3v) is 7.22. The SMILES string of the molecule is Cc1cc(Cc2cc(C)[nH]n2)nc(C2(O)CCC(C(=O)N[C@@H](C)c3ccc(-n4cc(F)cn4)nc3)CC2)c1. The van der Waals surface area contributed by atoms with E-state index in [1.165, 1.54) is 10.9 Å². The number of aryl methyl sites for hydroxylation is 2. The van der Waals surface area contributed by atoms with Crippen molar-refractivity contribution in [1.29, 1.82) is 0 Å². The molecule has 0 aromatic carbocycles. The van der Waals surface area contributed by atoms with Gasteiger partial charge in [0.15, 0.2) is 11.6 Å². The lowest BCUT2D eigenvalue weighted by molar-refractivity contribution is -0.128. The molecule has 0 bridgehead atoms. The molecule has 10 heteroatoms. The second-order valence-corrected chi connectivity index (χ2v) is 10.3. The summed E-state index contributed by atoms with van der Waals surface area (Å²) in [6, 6.07) is 9.29. The van der Waals surface area contributed by atoms with E-state index in [9.17, 15) is 14.3 Å². The maximum absolute atomic E-state index is 13.2. The smallest absolute Gasteiger partial charge is 0.223 e. The molecule has 9 nitrogen and oxygen atoms in total. The van der Waals surface area contributed by atoms with Crippen molar-refractivity contribution in [2.75, 3.05) is 0 Å². The van der Waals surface area contributed by atoms with Crippen molar-refractivity contribution < 1.29 is 14.3 Å².